The topological polar surface area (TPSA) is 97.4 Å². The number of nitrogens with zero attached hydrogens (tertiary/aromatic N) is 6. The van der Waals surface area contributed by atoms with Gasteiger partial charge in [-0.25, -0.2) is 4.98 Å². The predicted octanol–water partition coefficient (Wildman–Crippen LogP) is 3.25. The minimum atomic E-state index is -0.396. The normalized spacial score (nSPS) is 14.8. The highest BCUT2D eigenvalue weighted by Gasteiger charge is 2.27. The van der Waals surface area contributed by atoms with E-state index < -0.39 is 4.92 Å². The Morgan fingerprint density at radius 1 is 1.21 bits per heavy atom. The second-order valence-corrected chi connectivity index (χ2v) is 8.40. The van der Waals surface area contributed by atoms with Crippen molar-refractivity contribution in [2.24, 2.45) is 0 Å². The van der Waals surface area contributed by atoms with Gasteiger partial charge < -0.3 is 9.80 Å². The Balaban J connectivity index is 1.47. The zero-order valence-electron chi connectivity index (χ0n) is 16.5. The van der Waals surface area contributed by atoms with Gasteiger partial charge in [0.15, 0.2) is 5.13 Å². The van der Waals surface area contributed by atoms with Gasteiger partial charge in [-0.3, -0.25) is 19.6 Å². The molecule has 0 bridgehead atoms. The third-order valence-corrected chi connectivity index (χ3v) is 6.05. The zero-order valence-corrected chi connectivity index (χ0v) is 17.3. The lowest BCUT2D eigenvalue weighted by Crippen LogP contribution is -2.49. The molecule has 10 heteroatoms. The van der Waals surface area contributed by atoms with Crippen molar-refractivity contribution >= 4 is 38.3 Å². The number of aryl methyl sites for hydroxylation is 1. The molecule has 0 aliphatic carbocycles. The number of amides is 1. The number of piperazine rings is 1. The minimum absolute atomic E-state index is 0.00104. The van der Waals surface area contributed by atoms with Crippen molar-refractivity contribution in [1.82, 2.24) is 19.7 Å². The molecule has 0 unspecified atom stereocenters. The number of thiazole rings is 1. The first kappa shape index (κ1) is 19.3. The molecule has 1 fully saturated rings. The van der Waals surface area contributed by atoms with Crippen LogP contribution in [0.4, 0.5) is 10.8 Å². The number of hydrogen-bond donors (Lipinski definition) is 0. The van der Waals surface area contributed by atoms with Gasteiger partial charge in [-0.2, -0.15) is 5.10 Å². The molecule has 9 nitrogen and oxygen atoms in total. The number of nitro groups is 1. The van der Waals surface area contributed by atoms with Gasteiger partial charge in [-0.1, -0.05) is 11.3 Å². The number of fused-ring (bicyclic) bond motifs is 1. The molecule has 1 amide bonds. The van der Waals surface area contributed by atoms with E-state index in [0.717, 1.165) is 21.0 Å². The van der Waals surface area contributed by atoms with E-state index in [0.29, 0.717) is 31.9 Å². The standard InChI is InChI=1S/C19H22N6O3S/c1-12(2)24-16(10-13(3)21-24)18(26)22-6-8-23(9-7-22)19-20-15-5-4-14(25(27)28)11-17(15)29-19/h4-5,10-12H,6-9H2,1-3H3. The summed E-state index contributed by atoms with van der Waals surface area (Å²) in [5.41, 5.74) is 2.29. The van der Waals surface area contributed by atoms with Crippen LogP contribution >= 0.6 is 11.3 Å². The van der Waals surface area contributed by atoms with E-state index in [1.54, 1.807) is 16.8 Å². The highest BCUT2D eigenvalue weighted by atomic mass is 32.1. The van der Waals surface area contributed by atoms with Crippen LogP contribution in [0, 0.1) is 17.0 Å². The van der Waals surface area contributed by atoms with Crippen molar-refractivity contribution in [3.63, 3.8) is 0 Å². The van der Waals surface area contributed by atoms with E-state index >= 15 is 0 Å². The van der Waals surface area contributed by atoms with Crippen LogP contribution in [0.15, 0.2) is 24.3 Å². The van der Waals surface area contributed by atoms with Gasteiger partial charge in [0.25, 0.3) is 11.6 Å². The summed E-state index contributed by atoms with van der Waals surface area (Å²) in [6.07, 6.45) is 0. The number of hydrogen-bond acceptors (Lipinski definition) is 7. The average Bonchev–Trinajstić information content (AvgIpc) is 3.30. The maximum Gasteiger partial charge on any atom is 0.272 e. The van der Waals surface area contributed by atoms with Crippen LogP contribution < -0.4 is 4.90 Å². The molecule has 4 rings (SSSR count). The Morgan fingerprint density at radius 2 is 1.93 bits per heavy atom. The first-order valence-corrected chi connectivity index (χ1v) is 10.3. The summed E-state index contributed by atoms with van der Waals surface area (Å²) >= 11 is 1.44. The van der Waals surface area contributed by atoms with Gasteiger partial charge in [0.05, 0.1) is 20.8 Å². The monoisotopic (exact) mass is 414 g/mol. The first-order chi connectivity index (χ1) is 13.8. The summed E-state index contributed by atoms with van der Waals surface area (Å²) in [5, 5.41) is 16.2. The van der Waals surface area contributed by atoms with Crippen LogP contribution in [0.3, 0.4) is 0 Å². The van der Waals surface area contributed by atoms with Crippen molar-refractivity contribution in [3.05, 3.63) is 45.8 Å². The van der Waals surface area contributed by atoms with E-state index in [2.05, 4.69) is 15.0 Å². The van der Waals surface area contributed by atoms with E-state index in [1.165, 1.54) is 17.4 Å². The van der Waals surface area contributed by atoms with E-state index in [-0.39, 0.29) is 17.6 Å². The third kappa shape index (κ3) is 3.67. The molecule has 1 saturated heterocycles. The molecular weight excluding hydrogens is 392 g/mol. The molecule has 2 aromatic heterocycles. The van der Waals surface area contributed by atoms with Gasteiger partial charge in [-0.15, -0.1) is 0 Å². The van der Waals surface area contributed by atoms with Crippen LogP contribution in [0.1, 0.15) is 36.1 Å². The Bertz CT molecular complexity index is 1080. The predicted molar refractivity (Wildman–Crippen MR) is 112 cm³/mol. The summed E-state index contributed by atoms with van der Waals surface area (Å²) in [4.78, 5) is 32.2. The second kappa shape index (κ2) is 7.43. The minimum Gasteiger partial charge on any atom is -0.345 e. The van der Waals surface area contributed by atoms with Gasteiger partial charge >= 0.3 is 0 Å². The van der Waals surface area contributed by atoms with Crippen LogP contribution in [-0.2, 0) is 0 Å². The molecule has 1 aliphatic heterocycles. The fraction of sp³-hybridized carbons (Fsp3) is 0.421. The fourth-order valence-corrected chi connectivity index (χ4v) is 4.53. The number of carbonyl (C=O) groups excluding carboxylic acids is 1. The van der Waals surface area contributed by atoms with Crippen LogP contribution in [-0.4, -0.2) is 56.7 Å². The fourth-order valence-electron chi connectivity index (χ4n) is 3.48. The summed E-state index contributed by atoms with van der Waals surface area (Å²) in [6.45, 7) is 8.45. The van der Waals surface area contributed by atoms with Crippen LogP contribution in [0.2, 0.25) is 0 Å². The molecule has 1 aliphatic rings. The Hall–Kier alpha value is -3.01. The number of carbonyl (C=O) groups is 1. The van der Waals surface area contributed by atoms with Crippen molar-refractivity contribution in [3.8, 4) is 0 Å². The Labute approximate surface area is 171 Å². The van der Waals surface area contributed by atoms with Crippen molar-refractivity contribution in [2.45, 2.75) is 26.8 Å². The molecule has 0 saturated carbocycles. The maximum absolute atomic E-state index is 13.0. The summed E-state index contributed by atoms with van der Waals surface area (Å²) in [5.74, 6) is -0.00104. The molecule has 29 heavy (non-hydrogen) atoms. The smallest absolute Gasteiger partial charge is 0.272 e. The molecule has 0 radical (unpaired) electrons. The van der Waals surface area contributed by atoms with Crippen molar-refractivity contribution in [2.75, 3.05) is 31.1 Å². The second-order valence-electron chi connectivity index (χ2n) is 7.39. The van der Waals surface area contributed by atoms with Gasteiger partial charge in [0, 0.05) is 44.4 Å². The number of aromatic nitrogens is 3. The molecule has 1 aromatic carbocycles. The Kier molecular flexibility index (Phi) is 4.95. The summed E-state index contributed by atoms with van der Waals surface area (Å²) < 4.78 is 2.58. The molecule has 0 N–H and O–H groups in total. The lowest BCUT2D eigenvalue weighted by atomic mass is 10.2. The lowest BCUT2D eigenvalue weighted by Gasteiger charge is -2.34. The molecule has 3 heterocycles. The van der Waals surface area contributed by atoms with Crippen molar-refractivity contribution in [1.29, 1.82) is 0 Å². The Morgan fingerprint density at radius 3 is 2.59 bits per heavy atom. The van der Waals surface area contributed by atoms with Gasteiger partial charge in [0.1, 0.15) is 5.69 Å². The molecule has 0 atom stereocenters. The molecule has 3 aromatic rings. The van der Waals surface area contributed by atoms with E-state index in [1.807, 2.05) is 31.7 Å². The SMILES string of the molecule is Cc1cc(C(=O)N2CCN(c3nc4ccc([N+](=O)[O-])cc4s3)CC2)n(C(C)C)n1. The quantitative estimate of drug-likeness (QED) is 0.480. The molecule has 152 valence electrons. The lowest BCUT2D eigenvalue weighted by molar-refractivity contribution is -0.384. The highest BCUT2D eigenvalue weighted by molar-refractivity contribution is 7.22. The van der Waals surface area contributed by atoms with Crippen LogP contribution in [0.5, 0.6) is 0 Å². The van der Waals surface area contributed by atoms with E-state index in [9.17, 15) is 14.9 Å². The summed E-state index contributed by atoms with van der Waals surface area (Å²) in [7, 11) is 0. The van der Waals surface area contributed by atoms with Gasteiger partial charge in [0.2, 0.25) is 0 Å². The maximum atomic E-state index is 13.0. The van der Waals surface area contributed by atoms with Crippen molar-refractivity contribution < 1.29 is 9.72 Å². The number of anilines is 1. The van der Waals surface area contributed by atoms with Gasteiger partial charge in [-0.05, 0) is 32.9 Å². The number of non-ortho nitro benzene ring substituents is 1. The number of rotatable bonds is 4. The average molecular weight is 414 g/mol. The third-order valence-electron chi connectivity index (χ3n) is 4.98. The number of nitro benzene ring substituents is 1. The highest BCUT2D eigenvalue weighted by Crippen LogP contribution is 2.32. The molecular formula is C19H22N6O3S. The first-order valence-electron chi connectivity index (χ1n) is 9.49. The molecule has 0 spiro atoms. The summed E-state index contributed by atoms with van der Waals surface area (Å²) in [6, 6.07) is 6.68. The number of benzene rings is 1. The van der Waals surface area contributed by atoms with E-state index in [4.69, 9.17) is 0 Å². The zero-order chi connectivity index (χ0) is 20.7. The van der Waals surface area contributed by atoms with Crippen LogP contribution in [0.25, 0.3) is 10.2 Å². The largest absolute Gasteiger partial charge is 0.345 e.